The molecule has 0 radical (unpaired) electrons. The molecule has 4 rings (SSSR count). The molecule has 0 aliphatic carbocycles. The zero-order chi connectivity index (χ0) is 20.9. The number of ether oxygens (including phenoxy) is 3. The average Bonchev–Trinajstić information content (AvgIpc) is 3.31. The van der Waals surface area contributed by atoms with Crippen LogP contribution in [0.25, 0.3) is 6.08 Å². The van der Waals surface area contributed by atoms with Gasteiger partial charge < -0.3 is 19.5 Å². The van der Waals surface area contributed by atoms with E-state index < -0.39 is 0 Å². The molecule has 0 fully saturated rings. The van der Waals surface area contributed by atoms with E-state index >= 15 is 0 Å². The van der Waals surface area contributed by atoms with E-state index in [1.54, 1.807) is 24.5 Å². The Balaban J connectivity index is 1.54. The second-order valence-corrected chi connectivity index (χ2v) is 7.93. The van der Waals surface area contributed by atoms with Crippen molar-refractivity contribution < 1.29 is 19.0 Å². The maximum atomic E-state index is 12.7. The molecule has 6 heteroatoms. The summed E-state index contributed by atoms with van der Waals surface area (Å²) in [5.74, 6) is 1.63. The van der Waals surface area contributed by atoms with Crippen molar-refractivity contribution >= 4 is 23.3 Å². The molecule has 1 unspecified atom stereocenters. The summed E-state index contributed by atoms with van der Waals surface area (Å²) in [4.78, 5) is 13.8. The number of nitrogens with one attached hydrogen (secondary N) is 1. The van der Waals surface area contributed by atoms with Gasteiger partial charge >= 0.3 is 0 Å². The minimum atomic E-state index is -0.197. The summed E-state index contributed by atoms with van der Waals surface area (Å²) in [6, 6.07) is 15.7. The predicted octanol–water partition coefficient (Wildman–Crippen LogP) is 4.76. The number of carbonyl (C=O) groups is 1. The van der Waals surface area contributed by atoms with Crippen molar-refractivity contribution in [3.63, 3.8) is 0 Å². The molecular formula is C24H23NO4S. The first-order valence-electron chi connectivity index (χ1n) is 9.70. The lowest BCUT2D eigenvalue weighted by molar-refractivity contribution is -0.116. The Kier molecular flexibility index (Phi) is 6.05. The monoisotopic (exact) mass is 421 g/mol. The fourth-order valence-electron chi connectivity index (χ4n) is 3.29. The molecule has 1 aromatic heterocycles. The van der Waals surface area contributed by atoms with Crippen molar-refractivity contribution in [1.82, 2.24) is 5.32 Å². The average molecular weight is 422 g/mol. The molecule has 1 N–H and O–H groups in total. The molecular weight excluding hydrogens is 398 g/mol. The van der Waals surface area contributed by atoms with Gasteiger partial charge in [0.2, 0.25) is 11.7 Å². The molecule has 0 spiro atoms. The molecule has 30 heavy (non-hydrogen) atoms. The first-order chi connectivity index (χ1) is 14.6. The molecule has 1 aliphatic heterocycles. The molecule has 154 valence electrons. The molecule has 0 saturated heterocycles. The molecule has 1 aliphatic rings. The van der Waals surface area contributed by atoms with Crippen molar-refractivity contribution in [3.8, 4) is 17.2 Å². The number of methoxy groups -OCH3 is 1. The number of fused-ring (bicyclic) bond motifs is 1. The highest BCUT2D eigenvalue weighted by molar-refractivity contribution is 7.10. The van der Waals surface area contributed by atoms with Gasteiger partial charge in [-0.15, -0.1) is 11.3 Å². The van der Waals surface area contributed by atoms with Crippen LogP contribution < -0.4 is 19.5 Å². The summed E-state index contributed by atoms with van der Waals surface area (Å²) < 4.78 is 16.7. The van der Waals surface area contributed by atoms with Gasteiger partial charge in [0.25, 0.3) is 0 Å². The van der Waals surface area contributed by atoms with E-state index in [2.05, 4.69) is 29.6 Å². The van der Waals surface area contributed by atoms with Gasteiger partial charge in [0.1, 0.15) is 13.2 Å². The summed E-state index contributed by atoms with van der Waals surface area (Å²) in [6.07, 6.45) is 3.27. The number of hydrogen-bond donors (Lipinski definition) is 1. The highest BCUT2D eigenvalue weighted by atomic mass is 32.1. The second kappa shape index (κ2) is 9.05. The summed E-state index contributed by atoms with van der Waals surface area (Å²) in [6.45, 7) is 3.03. The van der Waals surface area contributed by atoms with Crippen LogP contribution in [-0.4, -0.2) is 26.2 Å². The summed E-state index contributed by atoms with van der Waals surface area (Å²) in [7, 11) is 1.58. The summed E-state index contributed by atoms with van der Waals surface area (Å²) in [5, 5.41) is 5.13. The third-order valence-corrected chi connectivity index (χ3v) is 5.74. The Hall–Kier alpha value is -3.25. The largest absolute Gasteiger partial charge is 0.493 e. The summed E-state index contributed by atoms with van der Waals surface area (Å²) >= 11 is 1.62. The van der Waals surface area contributed by atoms with E-state index in [9.17, 15) is 4.79 Å². The van der Waals surface area contributed by atoms with Gasteiger partial charge in [-0.25, -0.2) is 0 Å². The van der Waals surface area contributed by atoms with Gasteiger partial charge in [-0.2, -0.15) is 0 Å². The highest BCUT2D eigenvalue weighted by Crippen LogP contribution is 2.40. The number of carbonyl (C=O) groups excluding carboxylic acids is 1. The van der Waals surface area contributed by atoms with Crippen LogP contribution in [0.3, 0.4) is 0 Å². The van der Waals surface area contributed by atoms with Crippen LogP contribution >= 0.6 is 11.3 Å². The second-order valence-electron chi connectivity index (χ2n) is 6.95. The Morgan fingerprint density at radius 1 is 1.17 bits per heavy atom. The van der Waals surface area contributed by atoms with Gasteiger partial charge in [-0.3, -0.25) is 4.79 Å². The maximum absolute atomic E-state index is 12.7. The third kappa shape index (κ3) is 4.49. The van der Waals surface area contributed by atoms with E-state index in [4.69, 9.17) is 14.2 Å². The molecule has 1 amide bonds. The lowest BCUT2D eigenvalue weighted by Gasteiger charge is -2.21. The standard InChI is InChI=1S/C24H23NO4S/c1-16-5-8-18(9-6-16)23(21-4-3-13-30-21)25-22(26)10-7-17-14-19(27-2)24-20(15-17)28-11-12-29-24/h3-10,13-15,23H,11-12H2,1-2H3,(H,25,26)/b10-7+. The Bertz CT molecular complexity index is 1020. The van der Waals surface area contributed by atoms with E-state index in [-0.39, 0.29) is 11.9 Å². The first-order valence-corrected chi connectivity index (χ1v) is 10.6. The molecule has 2 heterocycles. The SMILES string of the molecule is COc1cc(/C=C/C(=O)NC(c2ccc(C)cc2)c2cccs2)cc2c1OCCO2. The Morgan fingerprint density at radius 3 is 2.70 bits per heavy atom. The van der Waals surface area contributed by atoms with Crippen LogP contribution in [0.2, 0.25) is 0 Å². The fraction of sp³-hybridized carbons (Fsp3) is 0.208. The molecule has 3 aromatic rings. The van der Waals surface area contributed by atoms with Gasteiger partial charge in [-0.1, -0.05) is 35.9 Å². The Morgan fingerprint density at radius 2 is 1.97 bits per heavy atom. The van der Waals surface area contributed by atoms with Crippen LogP contribution in [0.1, 0.15) is 27.6 Å². The molecule has 2 aromatic carbocycles. The zero-order valence-electron chi connectivity index (χ0n) is 16.9. The number of hydrogen-bond acceptors (Lipinski definition) is 5. The van der Waals surface area contributed by atoms with Gasteiger partial charge in [-0.05, 0) is 47.7 Å². The maximum Gasteiger partial charge on any atom is 0.244 e. The lowest BCUT2D eigenvalue weighted by atomic mass is 10.0. The van der Waals surface area contributed by atoms with Crippen LogP contribution in [-0.2, 0) is 4.79 Å². The Labute approximate surface area is 179 Å². The van der Waals surface area contributed by atoms with Crippen LogP contribution in [0, 0.1) is 6.92 Å². The molecule has 0 bridgehead atoms. The van der Waals surface area contributed by atoms with E-state index in [0.29, 0.717) is 30.5 Å². The first kappa shape index (κ1) is 20.0. The highest BCUT2D eigenvalue weighted by Gasteiger charge is 2.19. The molecule has 5 nitrogen and oxygen atoms in total. The fourth-order valence-corrected chi connectivity index (χ4v) is 4.09. The zero-order valence-corrected chi connectivity index (χ0v) is 17.7. The molecule has 1 atom stereocenters. The molecule has 0 saturated carbocycles. The lowest BCUT2D eigenvalue weighted by Crippen LogP contribution is -2.27. The number of rotatable bonds is 6. The van der Waals surface area contributed by atoms with Crippen LogP contribution in [0.5, 0.6) is 17.2 Å². The number of thiophene rings is 1. The van der Waals surface area contributed by atoms with Crippen molar-refractivity contribution in [1.29, 1.82) is 0 Å². The van der Waals surface area contributed by atoms with E-state index in [1.165, 1.54) is 11.6 Å². The van der Waals surface area contributed by atoms with Crippen molar-refractivity contribution in [2.45, 2.75) is 13.0 Å². The van der Waals surface area contributed by atoms with E-state index in [0.717, 1.165) is 16.0 Å². The van der Waals surface area contributed by atoms with Crippen molar-refractivity contribution in [2.75, 3.05) is 20.3 Å². The van der Waals surface area contributed by atoms with Crippen LogP contribution in [0.4, 0.5) is 0 Å². The van der Waals surface area contributed by atoms with Crippen molar-refractivity contribution in [3.05, 3.63) is 81.6 Å². The van der Waals surface area contributed by atoms with Gasteiger partial charge in [0, 0.05) is 11.0 Å². The van der Waals surface area contributed by atoms with Crippen molar-refractivity contribution in [2.24, 2.45) is 0 Å². The van der Waals surface area contributed by atoms with Crippen LogP contribution in [0.15, 0.2) is 60.0 Å². The predicted molar refractivity (Wildman–Crippen MR) is 119 cm³/mol. The quantitative estimate of drug-likeness (QED) is 0.584. The van der Waals surface area contributed by atoms with Gasteiger partial charge in [0.05, 0.1) is 13.2 Å². The minimum Gasteiger partial charge on any atom is -0.493 e. The topological polar surface area (TPSA) is 56.8 Å². The number of amides is 1. The summed E-state index contributed by atoms with van der Waals surface area (Å²) in [5.41, 5.74) is 3.03. The van der Waals surface area contributed by atoms with E-state index in [1.807, 2.05) is 36.6 Å². The third-order valence-electron chi connectivity index (χ3n) is 4.80. The smallest absolute Gasteiger partial charge is 0.244 e. The normalized spacial score (nSPS) is 13.8. The minimum absolute atomic E-state index is 0.178. The number of benzene rings is 2. The number of aryl methyl sites for hydroxylation is 1. The van der Waals surface area contributed by atoms with Gasteiger partial charge in [0.15, 0.2) is 11.5 Å².